The van der Waals surface area contributed by atoms with Crippen molar-refractivity contribution in [1.82, 2.24) is 10.2 Å². The number of nitrogens with zero attached hydrogens (tertiary/aromatic N) is 3. The average Bonchev–Trinajstić information content (AvgIpc) is 2.94. The Bertz CT molecular complexity index is 1410. The highest BCUT2D eigenvalue weighted by Gasteiger charge is 2.32. The first-order valence-corrected chi connectivity index (χ1v) is 13.9. The van der Waals surface area contributed by atoms with Gasteiger partial charge in [0.1, 0.15) is 12.6 Å². The monoisotopic (exact) mass is 552 g/mol. The molecule has 0 bridgehead atoms. The number of rotatable bonds is 12. The van der Waals surface area contributed by atoms with Gasteiger partial charge in [-0.1, -0.05) is 49.4 Å². The van der Waals surface area contributed by atoms with Crippen molar-refractivity contribution in [2.75, 3.05) is 17.4 Å². The van der Waals surface area contributed by atoms with Gasteiger partial charge in [-0.25, -0.2) is 8.42 Å². The van der Waals surface area contributed by atoms with Crippen LogP contribution in [0.15, 0.2) is 83.8 Å². The molecular weight excluding hydrogens is 520 g/mol. The zero-order chi connectivity index (χ0) is 28.6. The number of nitrogens with one attached hydrogen (secondary N) is 1. The van der Waals surface area contributed by atoms with Crippen molar-refractivity contribution in [2.24, 2.45) is 0 Å². The van der Waals surface area contributed by atoms with E-state index in [1.165, 1.54) is 41.3 Å². The van der Waals surface area contributed by atoms with E-state index in [1.54, 1.807) is 25.1 Å². The predicted molar refractivity (Wildman–Crippen MR) is 149 cm³/mol. The van der Waals surface area contributed by atoms with E-state index in [4.69, 9.17) is 0 Å². The maximum absolute atomic E-state index is 13.8. The van der Waals surface area contributed by atoms with Crippen LogP contribution in [0.3, 0.4) is 0 Å². The molecule has 0 heterocycles. The van der Waals surface area contributed by atoms with Gasteiger partial charge >= 0.3 is 0 Å². The fourth-order valence-electron chi connectivity index (χ4n) is 3.94. The van der Waals surface area contributed by atoms with Crippen molar-refractivity contribution in [1.29, 1.82) is 0 Å². The van der Waals surface area contributed by atoms with Crippen LogP contribution in [0.1, 0.15) is 31.4 Å². The van der Waals surface area contributed by atoms with Crippen molar-refractivity contribution >= 4 is 33.2 Å². The second-order valence-electron chi connectivity index (χ2n) is 9.01. The molecule has 2 amide bonds. The number of carbonyl (C=O) groups is 2. The van der Waals surface area contributed by atoms with Crippen molar-refractivity contribution < 1.29 is 22.9 Å². The molecule has 0 aliphatic rings. The molecule has 0 aliphatic carbocycles. The summed E-state index contributed by atoms with van der Waals surface area (Å²) in [6, 6.07) is 19.1. The Morgan fingerprint density at radius 2 is 1.59 bits per heavy atom. The Morgan fingerprint density at radius 1 is 0.974 bits per heavy atom. The van der Waals surface area contributed by atoms with E-state index in [1.807, 2.05) is 38.1 Å². The summed E-state index contributed by atoms with van der Waals surface area (Å²) in [7, 11) is -4.24. The summed E-state index contributed by atoms with van der Waals surface area (Å²) in [6.07, 6.45) is 0.716. The normalized spacial score (nSPS) is 11.9. The van der Waals surface area contributed by atoms with Gasteiger partial charge in [-0.15, -0.1) is 0 Å². The van der Waals surface area contributed by atoms with Crippen LogP contribution in [0.5, 0.6) is 0 Å². The molecule has 0 saturated heterocycles. The first-order valence-electron chi connectivity index (χ1n) is 12.5. The highest BCUT2D eigenvalue weighted by Crippen LogP contribution is 2.26. The molecule has 206 valence electrons. The Balaban J connectivity index is 2.03. The second kappa shape index (κ2) is 13.0. The van der Waals surface area contributed by atoms with Gasteiger partial charge in [-0.3, -0.25) is 24.0 Å². The minimum atomic E-state index is -4.24. The lowest BCUT2D eigenvalue weighted by Gasteiger charge is -2.32. The zero-order valence-corrected chi connectivity index (χ0v) is 22.9. The van der Waals surface area contributed by atoms with Crippen LogP contribution >= 0.6 is 0 Å². The van der Waals surface area contributed by atoms with Gasteiger partial charge in [0.25, 0.3) is 15.7 Å². The summed E-state index contributed by atoms with van der Waals surface area (Å²) in [5, 5.41) is 14.0. The number of anilines is 1. The van der Waals surface area contributed by atoms with E-state index in [0.717, 1.165) is 15.4 Å². The predicted octanol–water partition coefficient (Wildman–Crippen LogP) is 4.04. The van der Waals surface area contributed by atoms with Gasteiger partial charge in [0, 0.05) is 25.2 Å². The van der Waals surface area contributed by atoms with Gasteiger partial charge in [-0.2, -0.15) is 0 Å². The fourth-order valence-corrected chi connectivity index (χ4v) is 5.37. The first-order chi connectivity index (χ1) is 18.6. The number of nitro groups is 1. The number of nitro benzene ring substituents is 1. The third-order valence-corrected chi connectivity index (χ3v) is 8.07. The summed E-state index contributed by atoms with van der Waals surface area (Å²) in [5.74, 6) is -0.957. The molecule has 0 saturated carbocycles. The Labute approximate surface area is 228 Å². The maximum atomic E-state index is 13.8. The van der Waals surface area contributed by atoms with Gasteiger partial charge < -0.3 is 10.2 Å². The van der Waals surface area contributed by atoms with Gasteiger partial charge in [-0.05, 0) is 55.7 Å². The first kappa shape index (κ1) is 29.3. The second-order valence-corrected chi connectivity index (χ2v) is 10.9. The fraction of sp³-hybridized carbons (Fsp3) is 0.286. The molecule has 0 unspecified atom stereocenters. The smallest absolute Gasteiger partial charge is 0.269 e. The van der Waals surface area contributed by atoms with E-state index in [-0.39, 0.29) is 28.7 Å². The number of carbonyl (C=O) groups excluding carboxylic acids is 2. The number of hydrogen-bond acceptors (Lipinski definition) is 6. The molecule has 0 radical (unpaired) electrons. The number of hydrogen-bond donors (Lipinski definition) is 1. The molecule has 39 heavy (non-hydrogen) atoms. The lowest BCUT2D eigenvalue weighted by Crippen LogP contribution is -2.51. The van der Waals surface area contributed by atoms with Gasteiger partial charge in [0.15, 0.2) is 0 Å². The third kappa shape index (κ3) is 7.20. The van der Waals surface area contributed by atoms with Crippen molar-refractivity contribution in [3.05, 3.63) is 100 Å². The minimum absolute atomic E-state index is 0.0460. The highest BCUT2D eigenvalue weighted by molar-refractivity contribution is 7.92. The third-order valence-electron chi connectivity index (χ3n) is 6.28. The Hall–Kier alpha value is -4.25. The number of non-ortho nitro benzene ring substituents is 1. The van der Waals surface area contributed by atoms with Gasteiger partial charge in [0.05, 0.1) is 15.5 Å². The summed E-state index contributed by atoms with van der Waals surface area (Å²) in [5.41, 5.74) is 1.59. The van der Waals surface area contributed by atoms with Gasteiger partial charge in [0.2, 0.25) is 11.8 Å². The van der Waals surface area contributed by atoms with E-state index in [0.29, 0.717) is 13.0 Å². The van der Waals surface area contributed by atoms with Crippen molar-refractivity contribution in [2.45, 2.75) is 44.7 Å². The lowest BCUT2D eigenvalue weighted by molar-refractivity contribution is -0.384. The quantitative estimate of drug-likeness (QED) is 0.267. The van der Waals surface area contributed by atoms with E-state index < -0.39 is 33.4 Å². The van der Waals surface area contributed by atoms with Crippen LogP contribution in [-0.4, -0.2) is 49.2 Å². The minimum Gasteiger partial charge on any atom is -0.354 e. The summed E-state index contributed by atoms with van der Waals surface area (Å²) in [4.78, 5) is 38.6. The number of aryl methyl sites for hydroxylation is 1. The van der Waals surface area contributed by atoms with E-state index in [9.17, 15) is 28.1 Å². The van der Waals surface area contributed by atoms with E-state index in [2.05, 4.69) is 5.32 Å². The Kier molecular flexibility index (Phi) is 9.78. The molecule has 0 spiro atoms. The molecule has 1 N–H and O–H groups in total. The summed E-state index contributed by atoms with van der Waals surface area (Å²) >= 11 is 0. The highest BCUT2D eigenvalue weighted by atomic mass is 32.2. The van der Waals surface area contributed by atoms with Crippen LogP contribution < -0.4 is 9.62 Å². The molecule has 3 rings (SSSR count). The van der Waals surface area contributed by atoms with Crippen LogP contribution in [0, 0.1) is 17.0 Å². The van der Waals surface area contributed by atoms with Crippen molar-refractivity contribution in [3.8, 4) is 0 Å². The summed E-state index contributed by atoms with van der Waals surface area (Å²) in [6.45, 7) is 5.31. The molecule has 0 aromatic heterocycles. The van der Waals surface area contributed by atoms with Crippen LogP contribution in [0.4, 0.5) is 11.4 Å². The standard InChI is InChI=1S/C28H32N4O6S/c1-4-18-29-28(34)22(3)30(19-23-11-9-8-10-21(23)2)27(33)20-31(24-14-16-25(17-15-24)32(35)36)39(37,38)26-12-6-5-7-13-26/h5-17,22H,4,18-20H2,1-3H3,(H,29,34)/t22-/m1/s1. The lowest BCUT2D eigenvalue weighted by atomic mass is 10.1. The van der Waals surface area contributed by atoms with Crippen molar-refractivity contribution in [3.63, 3.8) is 0 Å². The van der Waals surface area contributed by atoms with Crippen LogP contribution in [0.25, 0.3) is 0 Å². The van der Waals surface area contributed by atoms with E-state index >= 15 is 0 Å². The Morgan fingerprint density at radius 3 is 2.18 bits per heavy atom. The molecule has 3 aromatic rings. The van der Waals surface area contributed by atoms with Crippen LogP contribution in [-0.2, 0) is 26.2 Å². The average molecular weight is 553 g/mol. The largest absolute Gasteiger partial charge is 0.354 e. The number of sulfonamides is 1. The SMILES string of the molecule is CCCNC(=O)[C@@H](C)N(Cc1ccccc1C)C(=O)CN(c1ccc([N+](=O)[O-])cc1)S(=O)(=O)c1ccccc1. The maximum Gasteiger partial charge on any atom is 0.269 e. The molecule has 10 nitrogen and oxygen atoms in total. The topological polar surface area (TPSA) is 130 Å². The molecular formula is C28H32N4O6S. The van der Waals surface area contributed by atoms with Crippen LogP contribution in [0.2, 0.25) is 0 Å². The molecule has 0 fully saturated rings. The molecule has 3 aromatic carbocycles. The number of benzene rings is 3. The molecule has 0 aliphatic heterocycles. The molecule has 1 atom stereocenters. The zero-order valence-electron chi connectivity index (χ0n) is 22.1. The summed E-state index contributed by atoms with van der Waals surface area (Å²) < 4.78 is 28.3. The molecule has 11 heteroatoms. The number of amides is 2.